The maximum absolute atomic E-state index is 5.18. The predicted molar refractivity (Wildman–Crippen MR) is 43.2 cm³/mol. The van der Waals surface area contributed by atoms with Crippen LogP contribution in [0.15, 0.2) is 0 Å². The molecule has 0 spiro atoms. The Balaban J connectivity index is 0. The van der Waals surface area contributed by atoms with Crippen molar-refractivity contribution < 1.29 is 46.9 Å². The first-order valence-corrected chi connectivity index (χ1v) is 3.94. The van der Waals surface area contributed by atoms with Gasteiger partial charge in [0.25, 0.3) is 0 Å². The first-order valence-electron chi connectivity index (χ1n) is 3.94. The van der Waals surface area contributed by atoms with E-state index in [4.69, 9.17) is 9.47 Å². The standard InChI is InChI=1S/C8H17O3.Y/c1-3-4-10-7-8-11-6-5-9-2;/h2-8H2,1H3;/q-1;. The van der Waals surface area contributed by atoms with E-state index in [-0.39, 0.29) is 32.7 Å². The van der Waals surface area contributed by atoms with Crippen molar-refractivity contribution >= 4 is 0 Å². The third kappa shape index (κ3) is 13.6. The summed E-state index contributed by atoms with van der Waals surface area (Å²) in [4.78, 5) is 0. The minimum atomic E-state index is 0. The Labute approximate surface area is 100 Å². The molecule has 0 amide bonds. The summed E-state index contributed by atoms with van der Waals surface area (Å²) in [5.74, 6) is 0. The quantitative estimate of drug-likeness (QED) is 0.479. The van der Waals surface area contributed by atoms with Crippen LogP contribution in [0.2, 0.25) is 0 Å². The minimum Gasteiger partial charge on any atom is -0.553 e. The first-order chi connectivity index (χ1) is 5.41. The van der Waals surface area contributed by atoms with E-state index in [0.29, 0.717) is 26.4 Å². The molecule has 0 aliphatic rings. The molecule has 0 saturated heterocycles. The van der Waals surface area contributed by atoms with Gasteiger partial charge in [0.05, 0.1) is 19.8 Å². The third-order valence-corrected chi connectivity index (χ3v) is 1.09. The summed E-state index contributed by atoms with van der Waals surface area (Å²) in [5.41, 5.74) is 0. The summed E-state index contributed by atoms with van der Waals surface area (Å²) in [6.45, 7) is 5.35. The second-order valence-electron chi connectivity index (χ2n) is 2.13. The van der Waals surface area contributed by atoms with Gasteiger partial charge in [0.1, 0.15) is 0 Å². The van der Waals surface area contributed by atoms with Crippen molar-refractivity contribution in [3.63, 3.8) is 0 Å². The fourth-order valence-electron chi connectivity index (χ4n) is 0.584. The van der Waals surface area contributed by atoms with Gasteiger partial charge in [-0.2, -0.15) is 0 Å². The maximum Gasteiger partial charge on any atom is 0.0701 e. The molecule has 0 aromatic rings. The Morgan fingerprint density at radius 1 is 0.917 bits per heavy atom. The molecule has 0 unspecified atom stereocenters. The normalized spacial score (nSPS) is 9.50. The summed E-state index contributed by atoms with van der Waals surface area (Å²) in [6.07, 6.45) is 1.06. The summed E-state index contributed by atoms with van der Waals surface area (Å²) in [5, 5.41) is 0. The van der Waals surface area contributed by atoms with Gasteiger partial charge in [0, 0.05) is 45.9 Å². The molecule has 71 valence electrons. The van der Waals surface area contributed by atoms with Crippen molar-refractivity contribution in [2.45, 2.75) is 13.3 Å². The van der Waals surface area contributed by atoms with E-state index in [1.165, 1.54) is 0 Å². The topological polar surface area (TPSA) is 27.7 Å². The minimum absolute atomic E-state index is 0. The van der Waals surface area contributed by atoms with Crippen LogP contribution < -0.4 is 0 Å². The largest absolute Gasteiger partial charge is 0.553 e. The number of ether oxygens (including phenoxy) is 3. The third-order valence-electron chi connectivity index (χ3n) is 1.09. The van der Waals surface area contributed by atoms with Gasteiger partial charge >= 0.3 is 0 Å². The van der Waals surface area contributed by atoms with Crippen LogP contribution in [0.4, 0.5) is 0 Å². The van der Waals surface area contributed by atoms with E-state index < -0.39 is 0 Å². The SMILES string of the molecule is [CH2-]OCCOCCOCCC.[Y]. The van der Waals surface area contributed by atoms with Crippen molar-refractivity contribution in [1.29, 1.82) is 0 Å². The Kier molecular flexibility index (Phi) is 18.7. The van der Waals surface area contributed by atoms with Crippen molar-refractivity contribution in [2.75, 3.05) is 33.0 Å². The van der Waals surface area contributed by atoms with Crippen LogP contribution in [-0.4, -0.2) is 33.0 Å². The van der Waals surface area contributed by atoms with Gasteiger partial charge < -0.3 is 14.2 Å². The molecular formula is C8H17O3Y-. The number of hydrogen-bond acceptors (Lipinski definition) is 3. The van der Waals surface area contributed by atoms with Crippen LogP contribution in [0.25, 0.3) is 0 Å². The average molecular weight is 250 g/mol. The Bertz CT molecular complexity index is 63.3. The average Bonchev–Trinajstić information content (AvgIpc) is 2.03. The Hall–Kier alpha value is 0.984. The van der Waals surface area contributed by atoms with Crippen LogP contribution in [0.1, 0.15) is 13.3 Å². The first kappa shape index (κ1) is 15.5. The molecule has 0 saturated carbocycles. The molecule has 4 heteroatoms. The molecule has 0 fully saturated rings. The molecule has 0 heterocycles. The zero-order chi connectivity index (χ0) is 8.36. The van der Waals surface area contributed by atoms with Crippen molar-refractivity contribution in [2.24, 2.45) is 0 Å². The molecular weight excluding hydrogens is 233 g/mol. The van der Waals surface area contributed by atoms with Gasteiger partial charge in [0.2, 0.25) is 0 Å². The van der Waals surface area contributed by atoms with Crippen molar-refractivity contribution in [3.8, 4) is 0 Å². The van der Waals surface area contributed by atoms with E-state index in [1.54, 1.807) is 0 Å². The van der Waals surface area contributed by atoms with Crippen LogP contribution >= 0.6 is 0 Å². The second-order valence-corrected chi connectivity index (χ2v) is 2.13. The summed E-state index contributed by atoms with van der Waals surface area (Å²) in [7, 11) is 3.22. The molecule has 12 heavy (non-hydrogen) atoms. The molecule has 0 aromatic carbocycles. The molecule has 0 N–H and O–H groups in total. The molecule has 0 rings (SSSR count). The summed E-state index contributed by atoms with van der Waals surface area (Å²) in [6, 6.07) is 0. The molecule has 3 nitrogen and oxygen atoms in total. The van der Waals surface area contributed by atoms with E-state index in [9.17, 15) is 0 Å². The van der Waals surface area contributed by atoms with Crippen molar-refractivity contribution in [3.05, 3.63) is 7.11 Å². The fourth-order valence-corrected chi connectivity index (χ4v) is 0.584. The van der Waals surface area contributed by atoms with E-state index >= 15 is 0 Å². The molecule has 0 aliphatic heterocycles. The monoisotopic (exact) mass is 250 g/mol. The summed E-state index contributed by atoms with van der Waals surface area (Å²) >= 11 is 0. The molecule has 0 aromatic heterocycles. The van der Waals surface area contributed by atoms with Crippen LogP contribution in [0.5, 0.6) is 0 Å². The van der Waals surface area contributed by atoms with Gasteiger partial charge in [-0.25, -0.2) is 7.11 Å². The molecule has 1 radical (unpaired) electrons. The fraction of sp³-hybridized carbons (Fsp3) is 0.875. The zero-order valence-electron chi connectivity index (χ0n) is 7.75. The van der Waals surface area contributed by atoms with Crippen molar-refractivity contribution in [1.82, 2.24) is 0 Å². The molecule has 0 aliphatic carbocycles. The van der Waals surface area contributed by atoms with E-state index in [1.807, 2.05) is 0 Å². The van der Waals surface area contributed by atoms with Gasteiger partial charge in [-0.1, -0.05) is 6.92 Å². The molecule has 0 atom stereocenters. The Morgan fingerprint density at radius 2 is 1.42 bits per heavy atom. The van der Waals surface area contributed by atoms with Gasteiger partial charge in [-0.3, -0.25) is 0 Å². The van der Waals surface area contributed by atoms with Crippen LogP contribution in [-0.2, 0) is 46.9 Å². The van der Waals surface area contributed by atoms with Gasteiger partial charge in [0.15, 0.2) is 0 Å². The zero-order valence-corrected chi connectivity index (χ0v) is 10.6. The predicted octanol–water partition coefficient (Wildman–Crippen LogP) is 1.24. The Morgan fingerprint density at radius 3 is 1.92 bits per heavy atom. The maximum atomic E-state index is 5.18. The van der Waals surface area contributed by atoms with Gasteiger partial charge in [-0.15, -0.1) is 0 Å². The summed E-state index contributed by atoms with van der Waals surface area (Å²) < 4.78 is 14.9. The molecule has 0 bridgehead atoms. The van der Waals surface area contributed by atoms with E-state index in [0.717, 1.165) is 13.0 Å². The number of hydrogen-bond donors (Lipinski definition) is 0. The van der Waals surface area contributed by atoms with Crippen LogP contribution in [0.3, 0.4) is 0 Å². The van der Waals surface area contributed by atoms with Crippen LogP contribution in [0, 0.1) is 7.11 Å². The second kappa shape index (κ2) is 14.5. The van der Waals surface area contributed by atoms with E-state index in [2.05, 4.69) is 18.8 Å². The number of rotatable bonds is 8. The smallest absolute Gasteiger partial charge is 0.0701 e. The van der Waals surface area contributed by atoms with Gasteiger partial charge in [-0.05, 0) is 6.42 Å².